The van der Waals surface area contributed by atoms with E-state index in [9.17, 15) is 5.11 Å². The van der Waals surface area contributed by atoms with Crippen LogP contribution in [-0.4, -0.2) is 33.7 Å². The van der Waals surface area contributed by atoms with Gasteiger partial charge in [-0.2, -0.15) is 5.10 Å². The van der Waals surface area contributed by atoms with Gasteiger partial charge in [-0.05, 0) is 32.3 Å². The molecule has 0 aromatic carbocycles. The summed E-state index contributed by atoms with van der Waals surface area (Å²) in [6.45, 7) is 9.13. The minimum atomic E-state index is -0.501. The third kappa shape index (κ3) is 3.37. The van der Waals surface area contributed by atoms with E-state index in [2.05, 4.69) is 38.9 Å². The Morgan fingerprint density at radius 1 is 1.32 bits per heavy atom. The molecule has 0 bridgehead atoms. The number of nitrogens with zero attached hydrogens (tertiary/aromatic N) is 2. The molecule has 0 fully saturated rings. The first-order valence-electron chi connectivity index (χ1n) is 7.35. The lowest BCUT2D eigenvalue weighted by Crippen LogP contribution is -2.44. The minimum Gasteiger partial charge on any atom is -0.390 e. The number of hydrogen-bond donors (Lipinski definition) is 1. The molecule has 1 unspecified atom stereocenters. The second-order valence-electron chi connectivity index (χ2n) is 4.99. The van der Waals surface area contributed by atoms with Gasteiger partial charge in [0, 0.05) is 25.8 Å². The number of rotatable bonds is 8. The smallest absolute Gasteiger partial charge is 0.0935 e. The molecule has 0 radical (unpaired) electrons. The lowest BCUT2D eigenvalue weighted by Gasteiger charge is -2.35. The molecule has 0 saturated heterocycles. The topological polar surface area (TPSA) is 47.3 Å². The van der Waals surface area contributed by atoms with Gasteiger partial charge >= 0.3 is 0 Å². The Kier molecular flexibility index (Phi) is 6.01. The quantitative estimate of drug-likeness (QED) is 0.788. The van der Waals surface area contributed by atoms with Crippen molar-refractivity contribution < 1.29 is 9.84 Å². The molecule has 1 heterocycles. The highest BCUT2D eigenvalue weighted by molar-refractivity contribution is 5.12. The number of methoxy groups -OCH3 is 1. The Balaban J connectivity index is 2.91. The third-order valence-corrected chi connectivity index (χ3v) is 4.19. The zero-order chi connectivity index (χ0) is 14.5. The molecule has 110 valence electrons. The summed E-state index contributed by atoms with van der Waals surface area (Å²) in [6, 6.07) is 2.10. The summed E-state index contributed by atoms with van der Waals surface area (Å²) in [6.07, 6.45) is 2.63. The Hall–Kier alpha value is -0.870. The second-order valence-corrected chi connectivity index (χ2v) is 4.99. The van der Waals surface area contributed by atoms with Crippen molar-refractivity contribution in [1.82, 2.24) is 9.78 Å². The Bertz CT molecular complexity index is 375. The van der Waals surface area contributed by atoms with Crippen molar-refractivity contribution in [2.45, 2.75) is 71.6 Å². The molecular formula is C15H28N2O2. The van der Waals surface area contributed by atoms with Gasteiger partial charge in [0.2, 0.25) is 0 Å². The van der Waals surface area contributed by atoms with E-state index >= 15 is 0 Å². The summed E-state index contributed by atoms with van der Waals surface area (Å²) in [5.74, 6) is 0. The molecule has 0 saturated carbocycles. The Morgan fingerprint density at radius 3 is 2.37 bits per heavy atom. The highest BCUT2D eigenvalue weighted by Crippen LogP contribution is 2.26. The standard InChI is InChI=1S/C15H28N2O2/c1-6-12-10-13(17(9-4)16-12)11-14(18)15(7-2,8-3)19-5/h10,14,18H,6-9,11H2,1-5H3. The van der Waals surface area contributed by atoms with Crippen LogP contribution in [0.4, 0.5) is 0 Å². The lowest BCUT2D eigenvalue weighted by molar-refractivity contribution is -0.107. The van der Waals surface area contributed by atoms with Gasteiger partial charge in [-0.1, -0.05) is 20.8 Å². The van der Waals surface area contributed by atoms with Gasteiger partial charge in [0.1, 0.15) is 0 Å². The van der Waals surface area contributed by atoms with E-state index in [0.717, 1.165) is 37.2 Å². The minimum absolute atomic E-state index is 0.449. The van der Waals surface area contributed by atoms with Crippen LogP contribution in [0.15, 0.2) is 6.07 Å². The molecule has 19 heavy (non-hydrogen) atoms. The first-order valence-corrected chi connectivity index (χ1v) is 7.35. The van der Waals surface area contributed by atoms with Crippen LogP contribution in [0.3, 0.4) is 0 Å². The van der Waals surface area contributed by atoms with E-state index in [1.165, 1.54) is 0 Å². The van der Waals surface area contributed by atoms with Crippen molar-refractivity contribution in [3.63, 3.8) is 0 Å². The van der Waals surface area contributed by atoms with Gasteiger partial charge < -0.3 is 9.84 Å². The molecule has 1 N–H and O–H groups in total. The molecule has 4 heteroatoms. The number of hydrogen-bond acceptors (Lipinski definition) is 3. The van der Waals surface area contributed by atoms with Crippen molar-refractivity contribution in [3.05, 3.63) is 17.5 Å². The summed E-state index contributed by atoms with van der Waals surface area (Å²) < 4.78 is 7.58. The van der Waals surface area contributed by atoms with Crippen molar-refractivity contribution >= 4 is 0 Å². The summed E-state index contributed by atoms with van der Waals surface area (Å²) in [5.41, 5.74) is 1.73. The average Bonchev–Trinajstić information content (AvgIpc) is 2.83. The molecule has 4 nitrogen and oxygen atoms in total. The molecule has 0 amide bonds. The summed E-state index contributed by atoms with van der Waals surface area (Å²) in [5, 5.41) is 15.1. The van der Waals surface area contributed by atoms with Crippen LogP contribution < -0.4 is 0 Å². The van der Waals surface area contributed by atoms with Gasteiger partial charge in [0.25, 0.3) is 0 Å². The van der Waals surface area contributed by atoms with E-state index in [-0.39, 0.29) is 0 Å². The van der Waals surface area contributed by atoms with Gasteiger partial charge in [0.15, 0.2) is 0 Å². The number of aliphatic hydroxyl groups is 1. The SMILES string of the molecule is CCc1cc(CC(O)C(CC)(CC)OC)n(CC)n1. The van der Waals surface area contributed by atoms with E-state index in [4.69, 9.17) is 4.74 Å². The van der Waals surface area contributed by atoms with Crippen LogP contribution in [0.5, 0.6) is 0 Å². The maximum atomic E-state index is 10.5. The summed E-state index contributed by atoms with van der Waals surface area (Å²) in [4.78, 5) is 0. The number of aromatic nitrogens is 2. The van der Waals surface area contributed by atoms with E-state index in [0.29, 0.717) is 6.42 Å². The molecular weight excluding hydrogens is 240 g/mol. The molecule has 1 atom stereocenters. The largest absolute Gasteiger partial charge is 0.390 e. The molecule has 1 aromatic heterocycles. The average molecular weight is 268 g/mol. The van der Waals surface area contributed by atoms with Crippen molar-refractivity contribution in [3.8, 4) is 0 Å². The van der Waals surface area contributed by atoms with Gasteiger partial charge in [-0.15, -0.1) is 0 Å². The first kappa shape index (κ1) is 16.2. The van der Waals surface area contributed by atoms with Crippen molar-refractivity contribution in [2.24, 2.45) is 0 Å². The number of aliphatic hydroxyl groups excluding tert-OH is 1. The highest BCUT2D eigenvalue weighted by atomic mass is 16.5. The zero-order valence-corrected chi connectivity index (χ0v) is 12.9. The van der Waals surface area contributed by atoms with E-state index < -0.39 is 11.7 Å². The van der Waals surface area contributed by atoms with Crippen molar-refractivity contribution in [1.29, 1.82) is 0 Å². The maximum absolute atomic E-state index is 10.5. The normalized spacial score (nSPS) is 13.8. The molecule has 0 spiro atoms. The molecule has 0 aliphatic heterocycles. The van der Waals surface area contributed by atoms with Crippen LogP contribution in [0, 0.1) is 0 Å². The Morgan fingerprint density at radius 2 is 1.95 bits per heavy atom. The monoisotopic (exact) mass is 268 g/mol. The fourth-order valence-corrected chi connectivity index (χ4v) is 2.66. The van der Waals surface area contributed by atoms with Crippen LogP contribution in [-0.2, 0) is 24.1 Å². The second kappa shape index (κ2) is 7.06. The predicted molar refractivity (Wildman–Crippen MR) is 77.3 cm³/mol. The fraction of sp³-hybridized carbons (Fsp3) is 0.800. The molecule has 1 aromatic rings. The maximum Gasteiger partial charge on any atom is 0.0935 e. The third-order valence-electron chi connectivity index (χ3n) is 4.19. The van der Waals surface area contributed by atoms with E-state index in [1.54, 1.807) is 7.11 Å². The van der Waals surface area contributed by atoms with Crippen LogP contribution in [0.25, 0.3) is 0 Å². The van der Waals surface area contributed by atoms with E-state index in [1.807, 2.05) is 4.68 Å². The first-order chi connectivity index (χ1) is 9.06. The number of aryl methyl sites for hydroxylation is 2. The zero-order valence-electron chi connectivity index (χ0n) is 12.9. The predicted octanol–water partition coefficient (Wildman–Crippen LogP) is 2.57. The van der Waals surface area contributed by atoms with Crippen molar-refractivity contribution in [2.75, 3.05) is 7.11 Å². The van der Waals surface area contributed by atoms with Crippen LogP contribution in [0.2, 0.25) is 0 Å². The fourth-order valence-electron chi connectivity index (χ4n) is 2.66. The molecule has 0 aliphatic carbocycles. The molecule has 1 rings (SSSR count). The summed E-state index contributed by atoms with van der Waals surface area (Å²) >= 11 is 0. The van der Waals surface area contributed by atoms with Gasteiger partial charge in [-0.3, -0.25) is 4.68 Å². The van der Waals surface area contributed by atoms with Crippen LogP contribution in [0.1, 0.15) is 51.9 Å². The van der Waals surface area contributed by atoms with Gasteiger partial charge in [0.05, 0.1) is 17.4 Å². The Labute approximate surface area is 116 Å². The highest BCUT2D eigenvalue weighted by Gasteiger charge is 2.35. The molecule has 0 aliphatic rings. The number of ether oxygens (including phenoxy) is 1. The summed E-state index contributed by atoms with van der Waals surface area (Å²) in [7, 11) is 1.69. The van der Waals surface area contributed by atoms with Gasteiger partial charge in [-0.25, -0.2) is 0 Å². The van der Waals surface area contributed by atoms with Crippen LogP contribution >= 0.6 is 0 Å². The lowest BCUT2D eigenvalue weighted by atomic mass is 9.87.